The lowest BCUT2D eigenvalue weighted by atomic mass is 10.0. The predicted octanol–water partition coefficient (Wildman–Crippen LogP) is 4.53. The predicted molar refractivity (Wildman–Crippen MR) is 144 cm³/mol. The molecule has 1 aliphatic rings. The van der Waals surface area contributed by atoms with Crippen molar-refractivity contribution in [2.45, 2.75) is 26.3 Å². The summed E-state index contributed by atoms with van der Waals surface area (Å²) in [7, 11) is 3.68. The van der Waals surface area contributed by atoms with E-state index >= 15 is 0 Å². The number of nitrogens with one attached hydrogen (secondary N) is 2. The highest BCUT2D eigenvalue weighted by Gasteiger charge is 2.22. The van der Waals surface area contributed by atoms with Crippen LogP contribution in [0.1, 0.15) is 23.1 Å². The highest BCUT2D eigenvalue weighted by molar-refractivity contribution is 5.98. The van der Waals surface area contributed by atoms with Crippen LogP contribution in [0.4, 0.5) is 23.0 Å². The van der Waals surface area contributed by atoms with E-state index in [1.807, 2.05) is 32.0 Å². The molecular formula is C27H28N8O2. The monoisotopic (exact) mass is 496 g/mol. The van der Waals surface area contributed by atoms with Crippen LogP contribution in [0.25, 0.3) is 22.2 Å². The molecule has 37 heavy (non-hydrogen) atoms. The molecular weight excluding hydrogens is 468 g/mol. The first kappa shape index (κ1) is 24.2. The molecule has 4 aromatic rings. The number of nitro benzene ring substituents is 1. The maximum absolute atomic E-state index is 11.9. The topological polar surface area (TPSA) is 125 Å². The first-order valence-electron chi connectivity index (χ1n) is 12.2. The number of rotatable bonds is 8. The van der Waals surface area contributed by atoms with Crippen LogP contribution >= 0.6 is 0 Å². The summed E-state index contributed by atoms with van der Waals surface area (Å²) in [6.45, 7) is 4.13. The van der Waals surface area contributed by atoms with Gasteiger partial charge in [0.05, 0.1) is 33.6 Å². The Hall–Kier alpha value is -4.49. The van der Waals surface area contributed by atoms with Gasteiger partial charge in [-0.25, -0.2) is 9.97 Å². The van der Waals surface area contributed by atoms with Crippen LogP contribution in [-0.2, 0) is 13.0 Å². The van der Waals surface area contributed by atoms with E-state index in [0.29, 0.717) is 35.7 Å². The molecule has 5 rings (SSSR count). The van der Waals surface area contributed by atoms with Gasteiger partial charge in [-0.1, -0.05) is 18.2 Å². The molecule has 0 amide bonds. The summed E-state index contributed by atoms with van der Waals surface area (Å²) < 4.78 is 2.23. The lowest BCUT2D eigenvalue weighted by molar-refractivity contribution is -0.384. The molecule has 0 atom stereocenters. The average molecular weight is 497 g/mol. The van der Waals surface area contributed by atoms with Gasteiger partial charge in [0.15, 0.2) is 0 Å². The van der Waals surface area contributed by atoms with Crippen LogP contribution in [-0.4, -0.2) is 46.6 Å². The molecule has 3 heterocycles. The van der Waals surface area contributed by atoms with Gasteiger partial charge in [-0.3, -0.25) is 10.1 Å². The van der Waals surface area contributed by atoms with Gasteiger partial charge < -0.3 is 20.1 Å². The first-order chi connectivity index (χ1) is 17.9. The Kier molecular flexibility index (Phi) is 6.46. The van der Waals surface area contributed by atoms with Crippen LogP contribution < -0.4 is 15.5 Å². The number of para-hydroxylation sites is 1. The van der Waals surface area contributed by atoms with Gasteiger partial charge in [0.2, 0.25) is 5.95 Å². The van der Waals surface area contributed by atoms with E-state index in [4.69, 9.17) is 4.98 Å². The van der Waals surface area contributed by atoms with Crippen LogP contribution in [0.3, 0.4) is 0 Å². The Bertz CT molecular complexity index is 1550. The fourth-order valence-electron chi connectivity index (χ4n) is 4.96. The second-order valence-electron chi connectivity index (χ2n) is 9.28. The molecule has 0 spiro atoms. The first-order valence-corrected chi connectivity index (χ1v) is 12.2. The minimum absolute atomic E-state index is 0.00503. The van der Waals surface area contributed by atoms with E-state index in [-0.39, 0.29) is 16.6 Å². The zero-order valence-corrected chi connectivity index (χ0v) is 21.1. The van der Waals surface area contributed by atoms with E-state index in [9.17, 15) is 15.4 Å². The summed E-state index contributed by atoms with van der Waals surface area (Å²) in [5.41, 5.74) is 6.17. The van der Waals surface area contributed by atoms with Crippen molar-refractivity contribution in [3.05, 3.63) is 69.5 Å². The molecule has 188 valence electrons. The number of nitriles is 1. The summed E-state index contributed by atoms with van der Waals surface area (Å²) in [6, 6.07) is 11.8. The van der Waals surface area contributed by atoms with Crippen molar-refractivity contribution in [1.82, 2.24) is 19.9 Å². The molecule has 0 bridgehead atoms. The van der Waals surface area contributed by atoms with Gasteiger partial charge in [-0.15, -0.1) is 0 Å². The van der Waals surface area contributed by atoms with Crippen molar-refractivity contribution >= 4 is 33.9 Å². The lowest BCUT2D eigenvalue weighted by Crippen LogP contribution is -2.27. The van der Waals surface area contributed by atoms with Crippen molar-refractivity contribution in [2.75, 3.05) is 37.4 Å². The molecule has 10 heteroatoms. The van der Waals surface area contributed by atoms with Crippen molar-refractivity contribution in [1.29, 1.82) is 5.26 Å². The summed E-state index contributed by atoms with van der Waals surface area (Å²) >= 11 is 0. The lowest BCUT2D eigenvalue weighted by Gasteiger charge is -2.20. The zero-order valence-electron chi connectivity index (χ0n) is 21.1. The van der Waals surface area contributed by atoms with Gasteiger partial charge in [-0.05, 0) is 44.0 Å². The fourth-order valence-corrected chi connectivity index (χ4v) is 4.96. The summed E-state index contributed by atoms with van der Waals surface area (Å²) in [5, 5.41) is 29.0. The van der Waals surface area contributed by atoms with E-state index in [1.54, 1.807) is 6.07 Å². The number of hydrogen-bond donors (Lipinski definition) is 2. The maximum atomic E-state index is 11.9. The Labute approximate surface area is 214 Å². The van der Waals surface area contributed by atoms with E-state index in [0.717, 1.165) is 35.9 Å². The number of nitrogens with zero attached hydrogens (tertiary/aromatic N) is 6. The molecule has 2 aromatic carbocycles. The third-order valence-electron chi connectivity index (χ3n) is 6.86. The quantitative estimate of drug-likeness (QED) is 0.269. The van der Waals surface area contributed by atoms with Crippen LogP contribution in [0.2, 0.25) is 0 Å². The Balaban J connectivity index is 1.55. The minimum atomic E-state index is -0.380. The maximum Gasteiger partial charge on any atom is 0.294 e. The van der Waals surface area contributed by atoms with Gasteiger partial charge in [-0.2, -0.15) is 5.26 Å². The Morgan fingerprint density at radius 3 is 2.92 bits per heavy atom. The zero-order chi connectivity index (χ0) is 26.1. The Morgan fingerprint density at radius 1 is 1.32 bits per heavy atom. The number of benzene rings is 2. The molecule has 0 unspecified atom stereocenters. The highest BCUT2D eigenvalue weighted by Crippen LogP contribution is 2.37. The summed E-state index contributed by atoms with van der Waals surface area (Å²) in [5.74, 6) is 0.273. The second kappa shape index (κ2) is 9.87. The van der Waals surface area contributed by atoms with Crippen LogP contribution in [0, 0.1) is 28.4 Å². The second-order valence-corrected chi connectivity index (χ2v) is 9.28. The average Bonchev–Trinajstić information content (AvgIpc) is 3.28. The van der Waals surface area contributed by atoms with E-state index in [2.05, 4.69) is 44.6 Å². The Morgan fingerprint density at radius 2 is 2.16 bits per heavy atom. The SMILES string of the molecule is CNCCN(C)c1cc(C)c(Nc2ncc(C#N)c(-c3cn4c5c(cccc35)CCC4)n2)cc1[N+](=O)[O-]. The normalized spacial score (nSPS) is 12.4. The van der Waals surface area contributed by atoms with Gasteiger partial charge >= 0.3 is 0 Å². The standard InChI is InChI=1S/C27H28N8O2/c1-17-12-23(33(3)11-9-29-2)24(35(36)37)13-22(17)31-27-30-15-19(14-28)25(32-27)21-16-34-10-5-7-18-6-4-8-20(21)26(18)34/h4,6,8,12-13,15-16,29H,5,7,9-11H2,1-3H3,(H,30,31,32). The van der Waals surface area contributed by atoms with Crippen molar-refractivity contribution < 1.29 is 4.92 Å². The minimum Gasteiger partial charge on any atom is -0.368 e. The smallest absolute Gasteiger partial charge is 0.294 e. The molecule has 0 radical (unpaired) electrons. The van der Waals surface area contributed by atoms with E-state index in [1.165, 1.54) is 23.3 Å². The van der Waals surface area contributed by atoms with Gasteiger partial charge in [0.25, 0.3) is 5.69 Å². The van der Waals surface area contributed by atoms with Crippen LogP contribution in [0.5, 0.6) is 0 Å². The van der Waals surface area contributed by atoms with Crippen LogP contribution in [0.15, 0.2) is 42.7 Å². The fraction of sp³-hybridized carbons (Fsp3) is 0.296. The summed E-state index contributed by atoms with van der Waals surface area (Å²) in [4.78, 5) is 22.4. The van der Waals surface area contributed by atoms with Gasteiger partial charge in [0, 0.05) is 49.9 Å². The highest BCUT2D eigenvalue weighted by atomic mass is 16.6. The number of hydrogen-bond acceptors (Lipinski definition) is 8. The molecule has 2 N–H and O–H groups in total. The number of nitro groups is 1. The third-order valence-corrected chi connectivity index (χ3v) is 6.86. The summed E-state index contributed by atoms with van der Waals surface area (Å²) in [6.07, 6.45) is 5.66. The molecule has 2 aromatic heterocycles. The van der Waals surface area contributed by atoms with Gasteiger partial charge in [0.1, 0.15) is 11.8 Å². The molecule has 0 saturated heterocycles. The number of aromatic nitrogens is 3. The molecule has 0 aliphatic carbocycles. The van der Waals surface area contributed by atoms with Crippen molar-refractivity contribution in [2.24, 2.45) is 0 Å². The number of likely N-dealkylation sites (N-methyl/N-ethyl adjacent to an activating group) is 2. The third kappa shape index (κ3) is 4.45. The molecule has 1 aliphatic heterocycles. The molecule has 0 fully saturated rings. The number of anilines is 3. The largest absolute Gasteiger partial charge is 0.368 e. The molecule has 10 nitrogen and oxygen atoms in total. The van der Waals surface area contributed by atoms with Crippen molar-refractivity contribution in [3.63, 3.8) is 0 Å². The number of aryl methyl sites for hydroxylation is 3. The van der Waals surface area contributed by atoms with Crippen molar-refractivity contribution in [3.8, 4) is 17.3 Å². The van der Waals surface area contributed by atoms with E-state index < -0.39 is 0 Å². The molecule has 0 saturated carbocycles.